The summed E-state index contributed by atoms with van der Waals surface area (Å²) in [7, 11) is 0. The van der Waals surface area contributed by atoms with Crippen LogP contribution in [0.5, 0.6) is 0 Å². The molecule has 2 N–H and O–H groups in total. The van der Waals surface area contributed by atoms with Crippen LogP contribution in [0, 0.1) is 0 Å². The van der Waals surface area contributed by atoms with Crippen LogP contribution in [0.3, 0.4) is 0 Å². The second kappa shape index (κ2) is 10.8. The van der Waals surface area contributed by atoms with E-state index in [9.17, 15) is 10.2 Å². The zero-order valence-corrected chi connectivity index (χ0v) is 22.6. The van der Waals surface area contributed by atoms with Crippen LogP contribution >= 0.6 is 68.4 Å². The lowest BCUT2D eigenvalue weighted by Gasteiger charge is -2.16. The number of aliphatic hydroxyl groups excluding tert-OH is 2. The van der Waals surface area contributed by atoms with Crippen LogP contribution in [0.15, 0.2) is 67.8 Å². The lowest BCUT2D eigenvalue weighted by Crippen LogP contribution is -2.21. The van der Waals surface area contributed by atoms with Gasteiger partial charge in [-0.25, -0.2) is 0 Å². The fourth-order valence-corrected chi connectivity index (χ4v) is 4.86. The van der Waals surface area contributed by atoms with Gasteiger partial charge < -0.3 is 19.7 Å². The molecule has 1 aliphatic heterocycles. The molecule has 0 aromatic heterocycles. The third-order valence-electron chi connectivity index (χ3n) is 4.70. The maximum Gasteiger partial charge on any atom is 0.164 e. The van der Waals surface area contributed by atoms with E-state index >= 15 is 0 Å². The van der Waals surface area contributed by atoms with E-state index in [2.05, 4.69) is 45.2 Å². The van der Waals surface area contributed by atoms with Crippen LogP contribution in [-0.4, -0.2) is 28.2 Å². The Morgan fingerprint density at radius 2 is 1.13 bits per heavy atom. The molecule has 2 aromatic rings. The van der Waals surface area contributed by atoms with Crippen molar-refractivity contribution >= 4 is 68.4 Å². The molecule has 1 aliphatic rings. The lowest BCUT2D eigenvalue weighted by molar-refractivity contribution is -0.139. The highest BCUT2D eigenvalue weighted by Crippen LogP contribution is 2.37. The molecule has 3 rings (SSSR count). The normalized spacial score (nSPS) is 23.6. The monoisotopic (exact) mass is 686 g/mol. The molecule has 4 atom stereocenters. The van der Waals surface area contributed by atoms with E-state index in [1.165, 1.54) is 0 Å². The Hall–Kier alpha value is -0.200. The maximum atomic E-state index is 10.7. The fraction of sp³-hybridized carbons (Fsp3) is 0.304. The van der Waals surface area contributed by atoms with Gasteiger partial charge in [-0.2, -0.15) is 0 Å². The smallest absolute Gasteiger partial charge is 0.164 e. The summed E-state index contributed by atoms with van der Waals surface area (Å²) in [5.74, 6) is -0.799. The summed E-state index contributed by atoms with van der Waals surface area (Å²) in [6.45, 7) is 3.68. The molecule has 1 saturated heterocycles. The number of hydrogen-bond acceptors (Lipinski definition) is 4. The molecular weight excluding hydrogens is 665 g/mol. The summed E-state index contributed by atoms with van der Waals surface area (Å²) < 4.78 is 13.5. The third-order valence-corrected chi connectivity index (χ3v) is 7.11. The molecule has 166 valence electrons. The average Bonchev–Trinajstić information content (AvgIpc) is 3.00. The van der Waals surface area contributed by atoms with E-state index in [4.69, 9.17) is 32.7 Å². The number of halogens is 4. The van der Waals surface area contributed by atoms with Crippen LogP contribution in [-0.2, 0) is 9.47 Å². The molecule has 0 saturated carbocycles. The molecule has 8 heteroatoms. The van der Waals surface area contributed by atoms with Gasteiger partial charge in [-0.3, -0.25) is 0 Å². The van der Waals surface area contributed by atoms with Crippen molar-refractivity contribution in [2.75, 3.05) is 0 Å². The van der Waals surface area contributed by atoms with Gasteiger partial charge in [0.2, 0.25) is 0 Å². The summed E-state index contributed by atoms with van der Waals surface area (Å²) in [6.07, 6.45) is 1.27. The van der Waals surface area contributed by atoms with Gasteiger partial charge >= 0.3 is 0 Å². The number of aliphatic hydroxyl groups is 2. The van der Waals surface area contributed by atoms with E-state index in [1.807, 2.05) is 26.0 Å². The third kappa shape index (κ3) is 6.89. The zero-order valence-electron chi connectivity index (χ0n) is 16.8. The lowest BCUT2D eigenvalue weighted by atomic mass is 10.1. The molecule has 31 heavy (non-hydrogen) atoms. The minimum atomic E-state index is -0.799. The highest BCUT2D eigenvalue weighted by Gasteiger charge is 2.40. The van der Waals surface area contributed by atoms with E-state index in [0.717, 1.165) is 11.1 Å². The first-order valence-electron chi connectivity index (χ1n) is 9.53. The summed E-state index contributed by atoms with van der Waals surface area (Å²) in [5.41, 5.74) is 1.48. The van der Waals surface area contributed by atoms with Crippen LogP contribution in [0.2, 0.25) is 10.0 Å². The number of rotatable bonds is 6. The van der Waals surface area contributed by atoms with E-state index < -0.39 is 30.2 Å². The van der Waals surface area contributed by atoms with Crippen molar-refractivity contribution in [2.24, 2.45) is 0 Å². The van der Waals surface area contributed by atoms with Gasteiger partial charge in [-0.15, -0.1) is 0 Å². The molecule has 2 aromatic carbocycles. The molecule has 1 heterocycles. The van der Waals surface area contributed by atoms with Gasteiger partial charge in [0, 0.05) is 17.2 Å². The molecule has 0 bridgehead atoms. The van der Waals surface area contributed by atoms with Crippen molar-refractivity contribution in [3.8, 4) is 0 Å². The molecule has 2 unspecified atom stereocenters. The molecule has 0 amide bonds. The number of hydrogen-bond donors (Lipinski definition) is 2. The number of ether oxygens (including phenoxy) is 2. The summed E-state index contributed by atoms with van der Waals surface area (Å²) in [4.78, 5) is 0. The molecular formula is C23H22Cl2I2O4. The minimum Gasteiger partial charge on any atom is -0.383 e. The van der Waals surface area contributed by atoms with Gasteiger partial charge in [0.05, 0.1) is 0 Å². The quantitative estimate of drug-likeness (QED) is 0.324. The Labute approximate surface area is 219 Å². The standard InChI is InChI=1S/C23H22Cl2I2O4/c1-23(2)30-19(11-17(26)21(28)13-3-7-15(24)8-4-13)20(31-23)12-18(27)22(29)14-5-9-16(25)10-6-14/h3-12,19-22,28-29H,1-2H3/b17-11+,18-12+/t19-,20-,21?,22?/m1/s1. The van der Waals surface area contributed by atoms with Crippen LogP contribution in [0.25, 0.3) is 0 Å². The predicted molar refractivity (Wildman–Crippen MR) is 141 cm³/mol. The Balaban J connectivity index is 1.81. The summed E-state index contributed by atoms with van der Waals surface area (Å²) >= 11 is 16.1. The Morgan fingerprint density at radius 1 is 0.806 bits per heavy atom. The zero-order chi connectivity index (χ0) is 22.8. The van der Waals surface area contributed by atoms with Gasteiger partial charge in [0.1, 0.15) is 24.4 Å². The fourth-order valence-electron chi connectivity index (χ4n) is 3.18. The van der Waals surface area contributed by atoms with E-state index in [-0.39, 0.29) is 0 Å². The first-order chi connectivity index (χ1) is 14.6. The van der Waals surface area contributed by atoms with Crippen molar-refractivity contribution in [1.82, 2.24) is 0 Å². The molecule has 0 radical (unpaired) electrons. The predicted octanol–water partition coefficient (Wildman–Crippen LogP) is 6.92. The van der Waals surface area contributed by atoms with E-state index in [1.54, 1.807) is 48.5 Å². The highest BCUT2D eigenvalue weighted by molar-refractivity contribution is 14.1. The Morgan fingerprint density at radius 3 is 1.45 bits per heavy atom. The average molecular weight is 687 g/mol. The first kappa shape index (κ1) is 25.4. The van der Waals surface area contributed by atoms with Crippen LogP contribution < -0.4 is 0 Å². The van der Waals surface area contributed by atoms with Crippen LogP contribution in [0.1, 0.15) is 37.2 Å². The van der Waals surface area contributed by atoms with Crippen molar-refractivity contribution in [2.45, 2.75) is 44.1 Å². The molecule has 0 spiro atoms. The van der Waals surface area contributed by atoms with Crippen LogP contribution in [0.4, 0.5) is 0 Å². The molecule has 4 nitrogen and oxygen atoms in total. The first-order valence-corrected chi connectivity index (χ1v) is 12.4. The maximum absolute atomic E-state index is 10.7. The minimum absolute atomic E-state index is 0.425. The van der Waals surface area contributed by atoms with E-state index in [0.29, 0.717) is 17.2 Å². The largest absolute Gasteiger partial charge is 0.383 e. The van der Waals surface area contributed by atoms with Crippen molar-refractivity contribution in [3.05, 3.63) is 89.0 Å². The van der Waals surface area contributed by atoms with Crippen molar-refractivity contribution in [1.29, 1.82) is 0 Å². The number of benzene rings is 2. The van der Waals surface area contributed by atoms with Gasteiger partial charge in [0.25, 0.3) is 0 Å². The van der Waals surface area contributed by atoms with Gasteiger partial charge in [-0.05, 0) is 107 Å². The van der Waals surface area contributed by atoms with Crippen molar-refractivity contribution < 1.29 is 19.7 Å². The van der Waals surface area contributed by atoms with Gasteiger partial charge in [-0.1, -0.05) is 47.5 Å². The van der Waals surface area contributed by atoms with Crippen molar-refractivity contribution in [3.63, 3.8) is 0 Å². The molecule has 1 fully saturated rings. The van der Waals surface area contributed by atoms with Gasteiger partial charge in [0.15, 0.2) is 5.79 Å². The highest BCUT2D eigenvalue weighted by atomic mass is 127. The topological polar surface area (TPSA) is 58.9 Å². The summed E-state index contributed by atoms with van der Waals surface area (Å²) in [6, 6.07) is 14.1. The second-order valence-electron chi connectivity index (χ2n) is 7.58. The Kier molecular flexibility index (Phi) is 8.87. The SMILES string of the molecule is CC1(C)O[C@H](/C=C(/I)C(O)c2ccc(Cl)cc2)[C@@H](/C=C(/I)C(O)c2ccc(Cl)cc2)O1. The summed E-state index contributed by atoms with van der Waals surface area (Å²) in [5, 5.41) is 22.7. The second-order valence-corrected chi connectivity index (χ2v) is 10.9. The molecule has 0 aliphatic carbocycles. The Bertz CT molecular complexity index is 881.